The summed E-state index contributed by atoms with van der Waals surface area (Å²) < 4.78 is 0. The van der Waals surface area contributed by atoms with Gasteiger partial charge in [0.15, 0.2) is 0 Å². The van der Waals surface area contributed by atoms with Gasteiger partial charge in [-0.05, 0) is 24.2 Å². The standard InChI is InChI=1S/C16H20N4O2S.ClH/c1-20(2)15(21)9-11-3-5-12(6-4-11)18-16(22)13-10-23-14(19-13)7-8-17;/h3-6,10H,7-9,17H2,1-2H3,(H,18,22);1H. The van der Waals surface area contributed by atoms with Crippen molar-refractivity contribution < 1.29 is 9.59 Å². The Morgan fingerprint density at radius 3 is 2.50 bits per heavy atom. The van der Waals surface area contributed by atoms with E-state index in [9.17, 15) is 9.59 Å². The van der Waals surface area contributed by atoms with Gasteiger partial charge in [0.25, 0.3) is 5.91 Å². The van der Waals surface area contributed by atoms with E-state index in [0.29, 0.717) is 30.8 Å². The number of likely N-dealkylation sites (N-methyl/N-ethyl adjacent to an activating group) is 1. The van der Waals surface area contributed by atoms with E-state index < -0.39 is 0 Å². The highest BCUT2D eigenvalue weighted by atomic mass is 35.5. The van der Waals surface area contributed by atoms with Crippen LogP contribution in [0.15, 0.2) is 29.6 Å². The Hall–Kier alpha value is -1.96. The number of nitrogens with zero attached hydrogens (tertiary/aromatic N) is 2. The van der Waals surface area contributed by atoms with Crippen LogP contribution >= 0.6 is 23.7 Å². The molecule has 3 N–H and O–H groups in total. The summed E-state index contributed by atoms with van der Waals surface area (Å²) >= 11 is 1.43. The largest absolute Gasteiger partial charge is 0.349 e. The van der Waals surface area contributed by atoms with Gasteiger partial charge in [-0.15, -0.1) is 23.7 Å². The average molecular weight is 369 g/mol. The molecule has 0 aliphatic heterocycles. The number of thiazole rings is 1. The second-order valence-corrected chi connectivity index (χ2v) is 6.22. The minimum absolute atomic E-state index is 0. The third kappa shape index (κ3) is 5.59. The summed E-state index contributed by atoms with van der Waals surface area (Å²) in [6.45, 7) is 0.516. The van der Waals surface area contributed by atoms with Gasteiger partial charge < -0.3 is 16.0 Å². The molecule has 0 radical (unpaired) electrons. The molecule has 24 heavy (non-hydrogen) atoms. The minimum atomic E-state index is -0.248. The summed E-state index contributed by atoms with van der Waals surface area (Å²) in [5, 5.41) is 5.38. The van der Waals surface area contributed by atoms with Crippen LogP contribution in [0.1, 0.15) is 21.1 Å². The van der Waals surface area contributed by atoms with Crippen LogP contribution in [0, 0.1) is 0 Å². The third-order valence-electron chi connectivity index (χ3n) is 3.21. The van der Waals surface area contributed by atoms with Gasteiger partial charge in [0.1, 0.15) is 5.69 Å². The van der Waals surface area contributed by atoms with Gasteiger partial charge in [-0.1, -0.05) is 12.1 Å². The molecule has 0 fully saturated rings. The maximum Gasteiger partial charge on any atom is 0.275 e. The zero-order valence-corrected chi connectivity index (χ0v) is 15.2. The highest BCUT2D eigenvalue weighted by Crippen LogP contribution is 2.14. The van der Waals surface area contributed by atoms with Crippen molar-refractivity contribution in [3.63, 3.8) is 0 Å². The summed E-state index contributed by atoms with van der Waals surface area (Å²) in [5.41, 5.74) is 7.44. The van der Waals surface area contributed by atoms with Crippen LogP contribution in [0.5, 0.6) is 0 Å². The molecule has 0 bridgehead atoms. The van der Waals surface area contributed by atoms with Crippen molar-refractivity contribution >= 4 is 41.2 Å². The smallest absolute Gasteiger partial charge is 0.275 e. The molecule has 8 heteroatoms. The molecule has 0 aliphatic carbocycles. The molecule has 0 spiro atoms. The van der Waals surface area contributed by atoms with E-state index >= 15 is 0 Å². The van der Waals surface area contributed by atoms with Crippen LogP contribution in [-0.4, -0.2) is 42.3 Å². The number of nitrogens with one attached hydrogen (secondary N) is 1. The molecule has 130 valence electrons. The Bertz CT molecular complexity index is 686. The van der Waals surface area contributed by atoms with E-state index in [1.165, 1.54) is 11.3 Å². The third-order valence-corrected chi connectivity index (χ3v) is 4.12. The second kappa shape index (κ2) is 9.36. The van der Waals surface area contributed by atoms with Gasteiger partial charge >= 0.3 is 0 Å². The Labute approximate surface area is 151 Å². The molecular weight excluding hydrogens is 348 g/mol. The fourth-order valence-electron chi connectivity index (χ4n) is 1.89. The molecule has 1 heterocycles. The molecule has 2 aromatic rings. The highest BCUT2D eigenvalue weighted by Gasteiger charge is 2.11. The molecule has 1 aromatic heterocycles. The average Bonchev–Trinajstić information content (AvgIpc) is 2.98. The molecule has 0 aliphatic rings. The van der Waals surface area contributed by atoms with Gasteiger partial charge in [0, 0.05) is 31.6 Å². The minimum Gasteiger partial charge on any atom is -0.349 e. The molecule has 0 atom stereocenters. The Morgan fingerprint density at radius 2 is 1.92 bits per heavy atom. The number of hydrogen-bond acceptors (Lipinski definition) is 5. The number of carbonyl (C=O) groups excluding carboxylic acids is 2. The molecule has 0 unspecified atom stereocenters. The zero-order chi connectivity index (χ0) is 16.8. The molecule has 1 aromatic carbocycles. The van der Waals surface area contributed by atoms with Crippen LogP contribution < -0.4 is 11.1 Å². The molecular formula is C16H21ClN4O2S. The van der Waals surface area contributed by atoms with Crippen molar-refractivity contribution in [2.45, 2.75) is 12.8 Å². The number of carbonyl (C=O) groups is 2. The first-order valence-electron chi connectivity index (χ1n) is 7.24. The molecule has 2 rings (SSSR count). The van der Waals surface area contributed by atoms with Gasteiger partial charge in [-0.25, -0.2) is 4.98 Å². The number of halogens is 1. The van der Waals surface area contributed by atoms with Crippen molar-refractivity contribution in [3.8, 4) is 0 Å². The van der Waals surface area contributed by atoms with E-state index in [-0.39, 0.29) is 24.2 Å². The predicted octanol–water partition coefficient (Wildman–Crippen LogP) is 1.95. The first kappa shape index (κ1) is 20.1. The van der Waals surface area contributed by atoms with Crippen molar-refractivity contribution in [1.82, 2.24) is 9.88 Å². The maximum absolute atomic E-state index is 12.1. The number of aromatic nitrogens is 1. The van der Waals surface area contributed by atoms with E-state index in [2.05, 4.69) is 10.3 Å². The zero-order valence-electron chi connectivity index (χ0n) is 13.6. The first-order chi connectivity index (χ1) is 11.0. The summed E-state index contributed by atoms with van der Waals surface area (Å²) in [6, 6.07) is 7.22. The lowest BCUT2D eigenvalue weighted by Gasteiger charge is -2.10. The fraction of sp³-hybridized carbons (Fsp3) is 0.312. The van der Waals surface area contributed by atoms with Crippen LogP contribution in [0.4, 0.5) is 5.69 Å². The highest BCUT2D eigenvalue weighted by molar-refractivity contribution is 7.09. The summed E-state index contributed by atoms with van der Waals surface area (Å²) in [6.07, 6.45) is 1.02. The molecule has 0 saturated carbocycles. The van der Waals surface area contributed by atoms with E-state index in [0.717, 1.165) is 10.6 Å². The van der Waals surface area contributed by atoms with Crippen LogP contribution in [0.2, 0.25) is 0 Å². The SMILES string of the molecule is CN(C)C(=O)Cc1ccc(NC(=O)c2csc(CCN)n2)cc1.Cl. The van der Waals surface area contributed by atoms with E-state index in [4.69, 9.17) is 5.73 Å². The lowest BCUT2D eigenvalue weighted by molar-refractivity contribution is -0.127. The molecule has 0 saturated heterocycles. The predicted molar refractivity (Wildman–Crippen MR) is 98.9 cm³/mol. The number of hydrogen-bond donors (Lipinski definition) is 2. The summed E-state index contributed by atoms with van der Waals surface area (Å²) in [5.74, 6) is -0.210. The number of benzene rings is 1. The normalized spacial score (nSPS) is 9.96. The summed E-state index contributed by atoms with van der Waals surface area (Å²) in [7, 11) is 3.45. The van der Waals surface area contributed by atoms with Crippen molar-refractivity contribution in [2.75, 3.05) is 26.0 Å². The monoisotopic (exact) mass is 368 g/mol. The van der Waals surface area contributed by atoms with Gasteiger partial charge in [-0.3, -0.25) is 9.59 Å². The van der Waals surface area contributed by atoms with Gasteiger partial charge in [-0.2, -0.15) is 0 Å². The lowest BCUT2D eigenvalue weighted by Crippen LogP contribution is -2.23. The van der Waals surface area contributed by atoms with Gasteiger partial charge in [0.2, 0.25) is 5.91 Å². The Morgan fingerprint density at radius 1 is 1.25 bits per heavy atom. The van der Waals surface area contributed by atoms with Crippen molar-refractivity contribution in [3.05, 3.63) is 45.9 Å². The van der Waals surface area contributed by atoms with Crippen LogP contribution in [0.3, 0.4) is 0 Å². The van der Waals surface area contributed by atoms with E-state index in [1.807, 2.05) is 12.1 Å². The molecule has 6 nitrogen and oxygen atoms in total. The van der Waals surface area contributed by atoms with Crippen molar-refractivity contribution in [2.24, 2.45) is 5.73 Å². The number of amides is 2. The van der Waals surface area contributed by atoms with E-state index in [1.54, 1.807) is 36.5 Å². The maximum atomic E-state index is 12.1. The lowest BCUT2D eigenvalue weighted by atomic mass is 10.1. The second-order valence-electron chi connectivity index (χ2n) is 5.28. The quantitative estimate of drug-likeness (QED) is 0.815. The van der Waals surface area contributed by atoms with Crippen LogP contribution in [-0.2, 0) is 17.6 Å². The van der Waals surface area contributed by atoms with Gasteiger partial charge in [0.05, 0.1) is 11.4 Å². The Balaban J connectivity index is 0.00000288. The number of rotatable bonds is 6. The Kier molecular flexibility index (Phi) is 7.84. The van der Waals surface area contributed by atoms with Crippen LogP contribution in [0.25, 0.3) is 0 Å². The van der Waals surface area contributed by atoms with Crippen molar-refractivity contribution in [1.29, 1.82) is 0 Å². The number of nitrogens with two attached hydrogens (primary N) is 1. The number of anilines is 1. The first-order valence-corrected chi connectivity index (χ1v) is 8.12. The molecule has 2 amide bonds. The summed E-state index contributed by atoms with van der Waals surface area (Å²) in [4.78, 5) is 29.6. The topological polar surface area (TPSA) is 88.3 Å². The fourth-order valence-corrected chi connectivity index (χ4v) is 2.68.